The van der Waals surface area contributed by atoms with Crippen molar-refractivity contribution in [1.82, 2.24) is 4.98 Å². The van der Waals surface area contributed by atoms with Crippen LogP contribution in [-0.4, -0.2) is 36.8 Å². The van der Waals surface area contributed by atoms with Crippen LogP contribution in [0.3, 0.4) is 0 Å². The minimum Gasteiger partial charge on any atom is -0.474 e. The van der Waals surface area contributed by atoms with Gasteiger partial charge in [-0.15, -0.1) is 0 Å². The summed E-state index contributed by atoms with van der Waals surface area (Å²) in [7, 11) is 0. The van der Waals surface area contributed by atoms with Gasteiger partial charge in [-0.1, -0.05) is 0 Å². The maximum absolute atomic E-state index is 15.1. The second-order valence-corrected chi connectivity index (χ2v) is 8.98. The fourth-order valence-corrected chi connectivity index (χ4v) is 4.37. The number of esters is 1. The van der Waals surface area contributed by atoms with Crippen LogP contribution >= 0.6 is 0 Å². The molecule has 2 aromatic rings. The fraction of sp³-hybridized carbons (Fsp3) is 0.520. The molecular weight excluding hydrogens is 471 g/mol. The first-order chi connectivity index (χ1) is 16.6. The lowest BCUT2D eigenvalue weighted by atomic mass is 9.93. The topological polar surface area (TPSA) is 51.7 Å². The third kappa shape index (κ3) is 6.02. The molecule has 35 heavy (non-hydrogen) atoms. The number of anilines is 1. The molecule has 1 aromatic heterocycles. The van der Waals surface area contributed by atoms with Gasteiger partial charge in [0.2, 0.25) is 5.88 Å². The number of pyridine rings is 1. The van der Waals surface area contributed by atoms with Crippen molar-refractivity contribution in [3.05, 3.63) is 41.5 Å². The van der Waals surface area contributed by atoms with Gasteiger partial charge in [-0.25, -0.2) is 13.8 Å². The van der Waals surface area contributed by atoms with Gasteiger partial charge in [0.1, 0.15) is 23.4 Å². The van der Waals surface area contributed by atoms with E-state index >= 15 is 8.78 Å². The summed E-state index contributed by atoms with van der Waals surface area (Å²) >= 11 is 0. The van der Waals surface area contributed by atoms with Gasteiger partial charge in [0.15, 0.2) is 0 Å². The number of piperidine rings is 1. The summed E-state index contributed by atoms with van der Waals surface area (Å²) in [5, 5.41) is 0. The molecule has 0 radical (unpaired) electrons. The van der Waals surface area contributed by atoms with Crippen LogP contribution in [-0.2, 0) is 15.7 Å². The summed E-state index contributed by atoms with van der Waals surface area (Å²) in [5.41, 5.74) is -1.55. The first-order valence-electron chi connectivity index (χ1n) is 11.8. The Hall–Kier alpha value is -2.91. The zero-order chi connectivity index (χ0) is 25.2. The van der Waals surface area contributed by atoms with Gasteiger partial charge >= 0.3 is 12.1 Å². The summed E-state index contributed by atoms with van der Waals surface area (Å²) < 4.78 is 81.0. The molecule has 1 saturated carbocycles. The number of carbonyl (C=O) groups excluding carboxylic acids is 1. The van der Waals surface area contributed by atoms with Gasteiger partial charge in [0.25, 0.3) is 0 Å². The normalized spacial score (nSPS) is 17.3. The number of rotatable bonds is 7. The van der Waals surface area contributed by atoms with Crippen molar-refractivity contribution in [3.63, 3.8) is 0 Å². The number of benzene rings is 1. The van der Waals surface area contributed by atoms with Crippen molar-refractivity contribution in [3.8, 4) is 17.1 Å². The number of ether oxygens (including phenoxy) is 2. The van der Waals surface area contributed by atoms with Crippen LogP contribution in [0.5, 0.6) is 5.88 Å². The van der Waals surface area contributed by atoms with Gasteiger partial charge in [0, 0.05) is 31.1 Å². The SMILES string of the molecule is CCOC(=O)CC1CCN(c2c(F)cc(-c3cc(C(F)(F)F)cc(OC4CCC4)n3)cc2F)CC1. The van der Waals surface area contributed by atoms with E-state index in [2.05, 4.69) is 4.98 Å². The molecule has 0 N–H and O–H groups in total. The van der Waals surface area contributed by atoms with Gasteiger partial charge in [0.05, 0.1) is 17.9 Å². The summed E-state index contributed by atoms with van der Waals surface area (Å²) in [6, 6.07) is 3.57. The number of alkyl halides is 3. The second kappa shape index (κ2) is 10.4. The van der Waals surface area contributed by atoms with Crippen molar-refractivity contribution in [2.75, 3.05) is 24.6 Å². The Labute approximate surface area is 200 Å². The monoisotopic (exact) mass is 498 g/mol. The minimum atomic E-state index is -4.67. The number of nitrogens with zero attached hydrogens (tertiary/aromatic N) is 2. The zero-order valence-corrected chi connectivity index (χ0v) is 19.3. The van der Waals surface area contributed by atoms with Gasteiger partial charge < -0.3 is 14.4 Å². The van der Waals surface area contributed by atoms with Crippen molar-refractivity contribution < 1.29 is 36.2 Å². The largest absolute Gasteiger partial charge is 0.474 e. The van der Waals surface area contributed by atoms with Crippen LogP contribution in [0.2, 0.25) is 0 Å². The van der Waals surface area contributed by atoms with Gasteiger partial charge in [-0.05, 0) is 63.1 Å². The molecule has 0 amide bonds. The highest BCUT2D eigenvalue weighted by atomic mass is 19.4. The van der Waals surface area contributed by atoms with Crippen molar-refractivity contribution in [2.45, 2.75) is 57.7 Å². The lowest BCUT2D eigenvalue weighted by Gasteiger charge is -2.33. The van der Waals surface area contributed by atoms with Crippen LogP contribution in [0.1, 0.15) is 51.0 Å². The van der Waals surface area contributed by atoms with Gasteiger partial charge in [-0.2, -0.15) is 13.2 Å². The molecule has 2 heterocycles. The number of carbonyl (C=O) groups is 1. The van der Waals surface area contributed by atoms with Gasteiger partial charge in [-0.3, -0.25) is 4.79 Å². The van der Waals surface area contributed by atoms with Crippen molar-refractivity contribution >= 4 is 11.7 Å². The van der Waals surface area contributed by atoms with Crippen LogP contribution in [0.15, 0.2) is 24.3 Å². The van der Waals surface area contributed by atoms with Crippen LogP contribution in [0.4, 0.5) is 27.6 Å². The predicted octanol–water partition coefficient (Wildman–Crippen LogP) is 6.15. The molecule has 0 spiro atoms. The molecule has 2 fully saturated rings. The first kappa shape index (κ1) is 25.2. The predicted molar refractivity (Wildman–Crippen MR) is 119 cm³/mol. The third-order valence-electron chi connectivity index (χ3n) is 6.47. The lowest BCUT2D eigenvalue weighted by molar-refractivity contribution is -0.144. The Morgan fingerprint density at radius 3 is 2.26 bits per heavy atom. The molecule has 10 heteroatoms. The Balaban J connectivity index is 1.55. The zero-order valence-electron chi connectivity index (χ0n) is 19.3. The average Bonchev–Trinajstić information content (AvgIpc) is 2.76. The maximum atomic E-state index is 15.1. The molecule has 1 aliphatic heterocycles. The van der Waals surface area contributed by atoms with E-state index in [1.807, 2.05) is 0 Å². The molecular formula is C25H27F5N2O3. The highest BCUT2D eigenvalue weighted by Crippen LogP contribution is 2.37. The Bertz CT molecular complexity index is 1040. The molecule has 1 aromatic carbocycles. The van der Waals surface area contributed by atoms with E-state index in [0.29, 0.717) is 32.5 Å². The quantitative estimate of drug-likeness (QED) is 0.339. The van der Waals surface area contributed by atoms with E-state index in [1.54, 1.807) is 11.8 Å². The molecule has 1 saturated heterocycles. The van der Waals surface area contributed by atoms with E-state index in [4.69, 9.17) is 9.47 Å². The number of halogens is 5. The minimum absolute atomic E-state index is 0.0686. The summed E-state index contributed by atoms with van der Waals surface area (Å²) in [4.78, 5) is 17.4. The Morgan fingerprint density at radius 2 is 1.71 bits per heavy atom. The number of hydrogen-bond acceptors (Lipinski definition) is 5. The maximum Gasteiger partial charge on any atom is 0.416 e. The molecule has 0 bridgehead atoms. The average molecular weight is 498 g/mol. The highest BCUT2D eigenvalue weighted by Gasteiger charge is 2.33. The molecule has 190 valence electrons. The fourth-order valence-electron chi connectivity index (χ4n) is 4.37. The van der Waals surface area contributed by atoms with E-state index in [1.165, 1.54) is 0 Å². The second-order valence-electron chi connectivity index (χ2n) is 8.98. The molecule has 1 aliphatic carbocycles. The third-order valence-corrected chi connectivity index (χ3v) is 6.47. The molecule has 4 rings (SSSR count). The van der Waals surface area contributed by atoms with E-state index in [-0.39, 0.29) is 47.2 Å². The Kier molecular flexibility index (Phi) is 7.47. The molecule has 0 atom stereocenters. The van der Waals surface area contributed by atoms with Crippen LogP contribution < -0.4 is 9.64 Å². The highest BCUT2D eigenvalue weighted by molar-refractivity contribution is 5.70. The lowest BCUT2D eigenvalue weighted by Crippen LogP contribution is -2.35. The Morgan fingerprint density at radius 1 is 1.06 bits per heavy atom. The van der Waals surface area contributed by atoms with E-state index < -0.39 is 23.4 Å². The summed E-state index contributed by atoms with van der Waals surface area (Å²) in [6.45, 7) is 2.72. The molecule has 5 nitrogen and oxygen atoms in total. The van der Waals surface area contributed by atoms with Crippen LogP contribution in [0, 0.1) is 17.6 Å². The van der Waals surface area contributed by atoms with E-state index in [0.717, 1.165) is 43.5 Å². The molecule has 0 unspecified atom stereocenters. The van der Waals surface area contributed by atoms with Crippen molar-refractivity contribution in [1.29, 1.82) is 0 Å². The summed E-state index contributed by atoms with van der Waals surface area (Å²) in [6.07, 6.45) is -1.11. The van der Waals surface area contributed by atoms with E-state index in [9.17, 15) is 18.0 Å². The first-order valence-corrected chi connectivity index (χ1v) is 11.8. The van der Waals surface area contributed by atoms with Crippen LogP contribution in [0.25, 0.3) is 11.3 Å². The summed E-state index contributed by atoms with van der Waals surface area (Å²) in [5.74, 6) is -2.21. The van der Waals surface area contributed by atoms with Crippen molar-refractivity contribution in [2.24, 2.45) is 5.92 Å². The molecule has 2 aliphatic rings. The standard InChI is InChI=1S/C25H27F5N2O3/c1-2-34-23(33)10-15-6-8-32(9-7-15)24-19(26)11-16(12-20(24)27)21-13-17(25(28,29)30)14-22(31-21)35-18-4-3-5-18/h11-15,18H,2-10H2,1H3. The smallest absolute Gasteiger partial charge is 0.416 e. The number of aromatic nitrogens is 1. The number of hydrogen-bond donors (Lipinski definition) is 0.